The van der Waals surface area contributed by atoms with Crippen molar-refractivity contribution in [1.29, 1.82) is 0 Å². The quantitative estimate of drug-likeness (QED) is 0.0285. The van der Waals surface area contributed by atoms with Gasteiger partial charge in [-0.2, -0.15) is 0 Å². The number of carbonyl (C=O) groups is 1. The van der Waals surface area contributed by atoms with Crippen LogP contribution in [0.25, 0.3) is 0 Å². The normalized spacial score (nSPS) is 30.9. The maximum Gasteiger partial charge on any atom is 0.220 e. The largest absolute Gasteiger partial charge is 0.394 e. The number of allylic oxidation sites excluding steroid dienone is 5. The van der Waals surface area contributed by atoms with E-state index < -0.39 is 124 Å². The van der Waals surface area contributed by atoms with E-state index in [4.69, 9.17) is 28.4 Å². The highest BCUT2D eigenvalue weighted by atomic mass is 16.8. The van der Waals surface area contributed by atoms with E-state index in [0.717, 1.165) is 57.8 Å². The van der Waals surface area contributed by atoms with Gasteiger partial charge in [0.25, 0.3) is 0 Å². The van der Waals surface area contributed by atoms with Crippen LogP contribution < -0.4 is 5.32 Å². The lowest BCUT2D eigenvalue weighted by atomic mass is 9.96. The summed E-state index contributed by atoms with van der Waals surface area (Å²) in [5, 5.41) is 120. The van der Waals surface area contributed by atoms with E-state index in [1.807, 2.05) is 6.08 Å². The van der Waals surface area contributed by atoms with Gasteiger partial charge < -0.3 is 89.9 Å². The van der Waals surface area contributed by atoms with Crippen LogP contribution in [-0.4, -0.2) is 193 Å². The lowest BCUT2D eigenvalue weighted by molar-refractivity contribution is -0.379. The predicted octanol–water partition coefficient (Wildman–Crippen LogP) is 4.93. The summed E-state index contributed by atoms with van der Waals surface area (Å²) in [7, 11) is 0. The lowest BCUT2D eigenvalue weighted by Gasteiger charge is -2.48. The fourth-order valence-corrected chi connectivity index (χ4v) is 9.99. The first-order valence-electron chi connectivity index (χ1n) is 29.7. The molecule has 77 heavy (non-hydrogen) atoms. The molecule has 3 aliphatic rings. The fraction of sp³-hybridized carbons (Fsp3) is 0.879. The molecule has 0 aromatic heterocycles. The van der Waals surface area contributed by atoms with Gasteiger partial charge in [0.15, 0.2) is 18.9 Å². The summed E-state index contributed by atoms with van der Waals surface area (Å²) in [6, 6.07) is -0.990. The molecule has 3 saturated heterocycles. The number of hydrogen-bond acceptors (Lipinski definition) is 18. The van der Waals surface area contributed by atoms with Gasteiger partial charge in [-0.3, -0.25) is 4.79 Å². The van der Waals surface area contributed by atoms with Crippen LogP contribution in [0.4, 0.5) is 0 Å². The Morgan fingerprint density at radius 3 is 1.30 bits per heavy atom. The minimum Gasteiger partial charge on any atom is -0.394 e. The molecule has 0 aromatic carbocycles. The number of carbonyl (C=O) groups excluding carboxylic acids is 1. The van der Waals surface area contributed by atoms with E-state index >= 15 is 0 Å². The monoisotopic (exact) mass is 1100 g/mol. The lowest BCUT2D eigenvalue weighted by Crippen LogP contribution is -2.66. The zero-order chi connectivity index (χ0) is 56.2. The van der Waals surface area contributed by atoms with Gasteiger partial charge in [-0.25, -0.2) is 0 Å². The summed E-state index contributed by atoms with van der Waals surface area (Å²) in [6.45, 7) is 1.60. The molecule has 1 amide bonds. The molecule has 19 heteroatoms. The Morgan fingerprint density at radius 2 is 0.831 bits per heavy atom. The zero-order valence-corrected chi connectivity index (χ0v) is 46.7. The molecule has 0 aromatic rings. The Bertz CT molecular complexity index is 1550. The molecule has 12 N–H and O–H groups in total. The van der Waals surface area contributed by atoms with Gasteiger partial charge in [-0.1, -0.05) is 179 Å². The molecule has 0 radical (unpaired) electrons. The van der Waals surface area contributed by atoms with Gasteiger partial charge in [0.05, 0.1) is 38.6 Å². The van der Waals surface area contributed by atoms with Crippen LogP contribution in [0.2, 0.25) is 0 Å². The highest BCUT2D eigenvalue weighted by molar-refractivity contribution is 5.76. The van der Waals surface area contributed by atoms with Gasteiger partial charge in [0.1, 0.15) is 73.2 Å². The number of amides is 1. The van der Waals surface area contributed by atoms with Crippen LogP contribution in [0, 0.1) is 0 Å². The molecule has 0 saturated carbocycles. The van der Waals surface area contributed by atoms with E-state index in [0.29, 0.717) is 12.8 Å². The van der Waals surface area contributed by atoms with Gasteiger partial charge >= 0.3 is 0 Å². The minimum absolute atomic E-state index is 0.229. The second kappa shape index (κ2) is 41.9. The molecule has 3 aliphatic heterocycles. The number of hydrogen-bond donors (Lipinski definition) is 12. The Kier molecular flexibility index (Phi) is 37.7. The molecule has 17 unspecified atom stereocenters. The molecular weight excluding hydrogens is 999 g/mol. The molecule has 19 nitrogen and oxygen atoms in total. The highest BCUT2D eigenvalue weighted by Crippen LogP contribution is 2.33. The molecule has 17 atom stereocenters. The Morgan fingerprint density at radius 1 is 0.455 bits per heavy atom. The summed E-state index contributed by atoms with van der Waals surface area (Å²) in [4.78, 5) is 13.1. The third-order valence-corrected chi connectivity index (χ3v) is 14.9. The number of ether oxygens (including phenoxy) is 6. The second-order valence-corrected chi connectivity index (χ2v) is 21.4. The SMILES string of the molecule is CCCCCCCCCCCCCCCCCC/C=C/CC/C=C/CC/C=C/C(O)C(COC1OC(CO)C(OC2OC(CO)C(OC3OC(CO)C(O)C(O)C3O)C(O)C2O)C(O)C1O)NC(=O)CCCCCCCC. The number of aliphatic hydroxyl groups excluding tert-OH is 11. The summed E-state index contributed by atoms with van der Waals surface area (Å²) in [6.07, 6.45) is 17.8. The Balaban J connectivity index is 1.43. The maximum absolute atomic E-state index is 13.1. The highest BCUT2D eigenvalue weighted by Gasteiger charge is 2.53. The number of aliphatic hydroxyl groups is 11. The third kappa shape index (κ3) is 26.2. The Hall–Kier alpha value is -1.99. The van der Waals surface area contributed by atoms with Gasteiger partial charge in [0, 0.05) is 6.42 Å². The van der Waals surface area contributed by atoms with E-state index in [2.05, 4.69) is 43.5 Å². The van der Waals surface area contributed by atoms with Crippen LogP contribution in [0.3, 0.4) is 0 Å². The molecule has 3 fully saturated rings. The molecule has 0 spiro atoms. The predicted molar refractivity (Wildman–Crippen MR) is 291 cm³/mol. The van der Waals surface area contributed by atoms with Crippen molar-refractivity contribution in [2.75, 3.05) is 26.4 Å². The van der Waals surface area contributed by atoms with Crippen molar-refractivity contribution in [3.05, 3.63) is 36.5 Å². The van der Waals surface area contributed by atoms with Crippen molar-refractivity contribution in [3.63, 3.8) is 0 Å². The van der Waals surface area contributed by atoms with Crippen LogP contribution in [0.5, 0.6) is 0 Å². The molecule has 0 aliphatic carbocycles. The zero-order valence-electron chi connectivity index (χ0n) is 46.7. The van der Waals surface area contributed by atoms with Crippen molar-refractivity contribution >= 4 is 5.91 Å². The molecule has 3 heterocycles. The van der Waals surface area contributed by atoms with Gasteiger partial charge in [-0.05, 0) is 44.9 Å². The van der Waals surface area contributed by atoms with Crippen molar-refractivity contribution in [3.8, 4) is 0 Å². The molecule has 3 rings (SSSR count). The van der Waals surface area contributed by atoms with E-state index in [1.165, 1.54) is 103 Å². The van der Waals surface area contributed by atoms with Crippen molar-refractivity contribution in [2.24, 2.45) is 0 Å². The van der Waals surface area contributed by atoms with Crippen LogP contribution >= 0.6 is 0 Å². The van der Waals surface area contributed by atoms with Crippen molar-refractivity contribution < 1.29 is 89.4 Å². The molecule has 450 valence electrons. The summed E-state index contributed by atoms with van der Waals surface area (Å²) in [5.41, 5.74) is 0. The third-order valence-electron chi connectivity index (χ3n) is 14.9. The van der Waals surface area contributed by atoms with E-state index in [9.17, 15) is 61.0 Å². The van der Waals surface area contributed by atoms with Crippen LogP contribution in [-0.2, 0) is 33.2 Å². The summed E-state index contributed by atoms with van der Waals surface area (Å²) in [5.74, 6) is -0.300. The van der Waals surface area contributed by atoms with Gasteiger partial charge in [0.2, 0.25) is 5.91 Å². The molecular formula is C58H105NO18. The van der Waals surface area contributed by atoms with Crippen molar-refractivity contribution in [2.45, 2.75) is 298 Å². The number of nitrogens with one attached hydrogen (secondary N) is 1. The summed E-state index contributed by atoms with van der Waals surface area (Å²) < 4.78 is 34.1. The fourth-order valence-electron chi connectivity index (χ4n) is 9.99. The van der Waals surface area contributed by atoms with Crippen LogP contribution in [0.1, 0.15) is 194 Å². The first-order valence-corrected chi connectivity index (χ1v) is 29.7. The van der Waals surface area contributed by atoms with Crippen LogP contribution in [0.15, 0.2) is 36.5 Å². The van der Waals surface area contributed by atoms with E-state index in [1.54, 1.807) is 6.08 Å². The maximum atomic E-state index is 13.1. The van der Waals surface area contributed by atoms with E-state index in [-0.39, 0.29) is 18.9 Å². The average molecular weight is 1100 g/mol. The smallest absolute Gasteiger partial charge is 0.220 e. The number of rotatable bonds is 43. The first kappa shape index (κ1) is 69.3. The summed E-state index contributed by atoms with van der Waals surface area (Å²) >= 11 is 0. The topological polar surface area (TPSA) is 307 Å². The van der Waals surface area contributed by atoms with Gasteiger partial charge in [-0.15, -0.1) is 0 Å². The molecule has 0 bridgehead atoms. The second-order valence-electron chi connectivity index (χ2n) is 21.4. The minimum atomic E-state index is -1.98. The number of unbranched alkanes of at least 4 members (excludes halogenated alkanes) is 23. The Labute approximate surface area is 460 Å². The standard InChI is InChI=1S/C58H105NO18/c1-3-5-7-9-11-12-13-14-15-16-17-18-19-20-21-22-23-24-25-26-27-28-29-30-31-33-35-42(63)41(59-46(64)36-34-32-10-8-6-4-2)40-72-56-52(70)49(67)54(44(38-61)74-56)77-58-53(71)50(68)55(45(39-62)75-58)76-57-51(69)48(66)47(65)43(37-60)73-57/h24-25,28-29,33,35,41-45,47-58,60-63,65-71H,3-23,26-27,30-32,34,36-40H2,1-2H3,(H,59,64)/b25-24+,29-28+,35-33+. The average Bonchev–Trinajstić information content (AvgIpc) is 3.43. The van der Waals surface area contributed by atoms with Crippen molar-refractivity contribution in [1.82, 2.24) is 5.32 Å². The first-order chi connectivity index (χ1) is 37.3.